The van der Waals surface area contributed by atoms with Crippen LogP contribution < -0.4 is 0 Å². The Morgan fingerprint density at radius 2 is 2.18 bits per heavy atom. The molecule has 0 radical (unpaired) electrons. The molecule has 6 heteroatoms. The first-order valence-electron chi connectivity index (χ1n) is 5.35. The molecule has 0 fully saturated rings. The highest BCUT2D eigenvalue weighted by Crippen LogP contribution is 2.37. The van der Waals surface area contributed by atoms with E-state index in [-0.39, 0.29) is 28.0 Å². The second-order valence-corrected chi connectivity index (χ2v) is 4.65. The third kappa shape index (κ3) is 1.96. The van der Waals surface area contributed by atoms with Crippen LogP contribution in [-0.2, 0) is 0 Å². The van der Waals surface area contributed by atoms with Crippen molar-refractivity contribution in [1.29, 1.82) is 0 Å². The molecule has 6 nitrogen and oxygen atoms in total. The first-order chi connectivity index (χ1) is 7.94. The molecule has 1 unspecified atom stereocenters. The highest BCUT2D eigenvalue weighted by molar-refractivity contribution is 5.71. The Kier molecular flexibility index (Phi) is 2.76. The maximum atomic E-state index is 11.2. The largest absolute Gasteiger partial charge is 0.733 e. The van der Waals surface area contributed by atoms with Crippen molar-refractivity contribution in [3.63, 3.8) is 0 Å². The fraction of sp³-hybridized carbons (Fsp3) is 0.455. The Labute approximate surface area is 98.7 Å². The molecule has 0 bridgehead atoms. The van der Waals surface area contributed by atoms with E-state index >= 15 is 0 Å². The van der Waals surface area contributed by atoms with E-state index in [0.717, 1.165) is 0 Å². The van der Waals surface area contributed by atoms with Gasteiger partial charge in [-0.05, 0) is 28.4 Å². The quantitative estimate of drug-likeness (QED) is 0.793. The van der Waals surface area contributed by atoms with Crippen LogP contribution in [0.3, 0.4) is 0 Å². The van der Waals surface area contributed by atoms with Crippen LogP contribution in [-0.4, -0.2) is 20.7 Å². The fourth-order valence-corrected chi connectivity index (χ4v) is 1.66. The van der Waals surface area contributed by atoms with Gasteiger partial charge in [0.2, 0.25) is 0 Å². The van der Waals surface area contributed by atoms with Crippen LogP contribution >= 0.6 is 0 Å². The van der Waals surface area contributed by atoms with E-state index < -0.39 is 0 Å². The molecular weight excluding hydrogens is 222 g/mol. The Bertz CT molecular complexity index is 476. The Balaban J connectivity index is 2.58. The van der Waals surface area contributed by atoms with Crippen LogP contribution in [0.4, 0.5) is 0 Å². The van der Waals surface area contributed by atoms with Gasteiger partial charge in [0.15, 0.2) is 5.69 Å². The molecule has 2 rings (SSSR count). The molecule has 1 heterocycles. The highest BCUT2D eigenvalue weighted by Gasteiger charge is 2.28. The van der Waals surface area contributed by atoms with Crippen LogP contribution in [0.2, 0.25) is 0 Å². The van der Waals surface area contributed by atoms with E-state index in [2.05, 4.69) is 14.9 Å². The molecule has 0 amide bonds. The zero-order chi connectivity index (χ0) is 12.6. The lowest BCUT2D eigenvalue weighted by atomic mass is 9.78. The molecule has 92 valence electrons. The van der Waals surface area contributed by atoms with Crippen LogP contribution in [0.1, 0.15) is 32.2 Å². The predicted octanol–water partition coefficient (Wildman–Crippen LogP) is 2.29. The van der Waals surface area contributed by atoms with Crippen molar-refractivity contribution in [2.75, 3.05) is 0 Å². The van der Waals surface area contributed by atoms with Gasteiger partial charge in [-0.1, -0.05) is 26.8 Å². The van der Waals surface area contributed by atoms with Crippen molar-refractivity contribution in [3.05, 3.63) is 28.7 Å². The molecule has 1 aliphatic carbocycles. The summed E-state index contributed by atoms with van der Waals surface area (Å²) in [4.78, 5) is 0. The Hall–Kier alpha value is -1.66. The van der Waals surface area contributed by atoms with E-state index in [9.17, 15) is 5.21 Å². The Morgan fingerprint density at radius 3 is 2.76 bits per heavy atom. The number of hydrogen-bond acceptors (Lipinski definition) is 6. The SMILES string of the molecule is CC(C)C1(C)C=Cc2nonc2C(N([O-])O)=C1. The summed E-state index contributed by atoms with van der Waals surface area (Å²) in [5, 5.41) is 27.5. The van der Waals surface area contributed by atoms with Gasteiger partial charge in [-0.2, -0.15) is 0 Å². The van der Waals surface area contributed by atoms with Crippen molar-refractivity contribution < 1.29 is 9.84 Å². The predicted molar refractivity (Wildman–Crippen MR) is 61.2 cm³/mol. The van der Waals surface area contributed by atoms with Gasteiger partial charge in [0.05, 0.1) is 5.70 Å². The van der Waals surface area contributed by atoms with Gasteiger partial charge in [0, 0.05) is 5.41 Å². The maximum absolute atomic E-state index is 11.2. The number of aromatic nitrogens is 2. The summed E-state index contributed by atoms with van der Waals surface area (Å²) in [6.45, 7) is 6.04. The molecule has 17 heavy (non-hydrogen) atoms. The first kappa shape index (κ1) is 11.8. The van der Waals surface area contributed by atoms with Crippen molar-refractivity contribution in [2.45, 2.75) is 20.8 Å². The number of rotatable bonds is 2. The minimum atomic E-state index is -0.351. The number of hydrogen-bond donors (Lipinski definition) is 1. The van der Waals surface area contributed by atoms with Gasteiger partial charge in [-0.15, -0.1) is 0 Å². The van der Waals surface area contributed by atoms with E-state index in [1.807, 2.05) is 26.8 Å². The van der Waals surface area contributed by atoms with Gasteiger partial charge in [0.1, 0.15) is 5.69 Å². The number of allylic oxidation sites excluding steroid dienone is 2. The first-order valence-corrected chi connectivity index (χ1v) is 5.35. The van der Waals surface area contributed by atoms with E-state index in [0.29, 0.717) is 5.69 Å². The monoisotopic (exact) mass is 236 g/mol. The van der Waals surface area contributed by atoms with Crippen LogP contribution in [0, 0.1) is 16.5 Å². The second kappa shape index (κ2) is 3.97. The minimum absolute atomic E-state index is 0.0578. The maximum Gasteiger partial charge on any atom is 0.159 e. The zero-order valence-corrected chi connectivity index (χ0v) is 9.91. The average molecular weight is 236 g/mol. The Morgan fingerprint density at radius 1 is 1.47 bits per heavy atom. The second-order valence-electron chi connectivity index (χ2n) is 4.65. The molecule has 1 atom stereocenters. The van der Waals surface area contributed by atoms with E-state index in [4.69, 9.17) is 5.21 Å². The standard InChI is InChI=1S/C11H14N3O3/c1-7(2)11(3)5-4-8-10(13-17-12-8)9(6-11)14(15)16/h4-7,15H,1-3H3/q-1. The minimum Gasteiger partial charge on any atom is -0.733 e. The number of nitrogens with zero attached hydrogens (tertiary/aromatic N) is 3. The third-order valence-corrected chi connectivity index (χ3v) is 3.25. The van der Waals surface area contributed by atoms with Crippen LogP contribution in [0.5, 0.6) is 0 Å². The number of fused-ring (bicyclic) bond motifs is 1. The van der Waals surface area contributed by atoms with E-state index in [1.54, 1.807) is 12.2 Å². The van der Waals surface area contributed by atoms with Crippen molar-refractivity contribution in [1.82, 2.24) is 15.5 Å². The summed E-state index contributed by atoms with van der Waals surface area (Å²) in [6, 6.07) is 0. The van der Waals surface area contributed by atoms with Gasteiger partial charge < -0.3 is 10.4 Å². The van der Waals surface area contributed by atoms with Gasteiger partial charge in [0.25, 0.3) is 0 Å². The zero-order valence-electron chi connectivity index (χ0n) is 9.91. The summed E-state index contributed by atoms with van der Waals surface area (Å²) in [5.74, 6) is 0.259. The smallest absolute Gasteiger partial charge is 0.159 e. The normalized spacial score (nSPS) is 23.3. The molecule has 1 aliphatic rings. The summed E-state index contributed by atoms with van der Waals surface area (Å²) < 4.78 is 4.56. The molecule has 1 N–H and O–H groups in total. The number of hydroxylamine groups is 2. The van der Waals surface area contributed by atoms with Gasteiger partial charge in [-0.25, -0.2) is 4.63 Å². The van der Waals surface area contributed by atoms with Crippen molar-refractivity contribution in [3.8, 4) is 0 Å². The molecule has 1 aromatic heterocycles. The molecule has 0 aliphatic heterocycles. The lowest BCUT2D eigenvalue weighted by molar-refractivity contribution is 0.0238. The van der Waals surface area contributed by atoms with Gasteiger partial charge in [-0.3, -0.25) is 5.21 Å². The van der Waals surface area contributed by atoms with E-state index in [1.165, 1.54) is 0 Å². The topological polar surface area (TPSA) is 85.5 Å². The summed E-state index contributed by atoms with van der Waals surface area (Å²) in [5.41, 5.74) is 0.400. The third-order valence-electron chi connectivity index (χ3n) is 3.25. The van der Waals surface area contributed by atoms with Gasteiger partial charge >= 0.3 is 0 Å². The lowest BCUT2D eigenvalue weighted by Crippen LogP contribution is -2.20. The van der Waals surface area contributed by atoms with Crippen molar-refractivity contribution >= 4 is 11.8 Å². The van der Waals surface area contributed by atoms with Crippen LogP contribution in [0.15, 0.2) is 16.8 Å². The molecule has 0 spiro atoms. The molecule has 0 saturated carbocycles. The van der Waals surface area contributed by atoms with Crippen molar-refractivity contribution in [2.24, 2.45) is 11.3 Å². The average Bonchev–Trinajstić information content (AvgIpc) is 2.65. The fourth-order valence-electron chi connectivity index (χ4n) is 1.66. The lowest BCUT2D eigenvalue weighted by Gasteiger charge is -2.30. The summed E-state index contributed by atoms with van der Waals surface area (Å²) in [7, 11) is 0. The molecule has 0 saturated heterocycles. The molecule has 1 aromatic rings. The summed E-state index contributed by atoms with van der Waals surface area (Å²) in [6.07, 6.45) is 5.35. The van der Waals surface area contributed by atoms with Crippen LogP contribution in [0.25, 0.3) is 11.8 Å². The summed E-state index contributed by atoms with van der Waals surface area (Å²) >= 11 is 0. The molecule has 0 aromatic carbocycles. The highest BCUT2D eigenvalue weighted by atomic mass is 16.8. The molecular formula is C11H14N3O3-.